The zero-order valence-corrected chi connectivity index (χ0v) is 18.4. The Morgan fingerprint density at radius 2 is 1.76 bits per heavy atom. The van der Waals surface area contributed by atoms with Gasteiger partial charge in [-0.2, -0.15) is 0 Å². The first-order valence-corrected chi connectivity index (χ1v) is 10.7. The fraction of sp³-hybridized carbons (Fsp3) is 0.0400. The molecular weight excluding hydrogens is 456 g/mol. The van der Waals surface area contributed by atoms with Gasteiger partial charge in [-0.15, -0.1) is 0 Å². The van der Waals surface area contributed by atoms with Gasteiger partial charge in [0.1, 0.15) is 5.75 Å². The molecule has 0 atom stereocenters. The number of fused-ring (bicyclic) bond motifs is 1. The molecule has 2 N–H and O–H groups in total. The third-order valence-electron chi connectivity index (χ3n) is 5.57. The minimum atomic E-state index is -0.614. The molecule has 8 nitrogen and oxygen atoms in total. The Balaban J connectivity index is 1.71. The Morgan fingerprint density at radius 3 is 2.44 bits per heavy atom. The van der Waals surface area contributed by atoms with E-state index in [-0.39, 0.29) is 22.6 Å². The fourth-order valence-corrected chi connectivity index (χ4v) is 4.08. The van der Waals surface area contributed by atoms with Crippen molar-refractivity contribution in [3.05, 3.63) is 116 Å². The molecule has 3 aromatic carbocycles. The second-order valence-electron chi connectivity index (χ2n) is 7.73. The fourth-order valence-electron chi connectivity index (χ4n) is 3.96. The summed E-state index contributed by atoms with van der Waals surface area (Å²) in [7, 11) is 0. The number of H-pyrrole nitrogens is 1. The number of benzene rings is 3. The van der Waals surface area contributed by atoms with Crippen LogP contribution in [0.3, 0.4) is 0 Å². The van der Waals surface area contributed by atoms with Crippen molar-refractivity contribution in [1.29, 1.82) is 0 Å². The van der Waals surface area contributed by atoms with Crippen LogP contribution in [0.15, 0.2) is 83.8 Å². The van der Waals surface area contributed by atoms with Crippen molar-refractivity contribution >= 4 is 22.9 Å². The SMILES string of the molecule is O=c1c(-c2ccc([N+](=O)[O-])cc2O)cnc2c(-c3ccc(Cl)cc3)c(Cc3ccccc3)[nH]n12. The predicted molar refractivity (Wildman–Crippen MR) is 129 cm³/mol. The van der Waals surface area contributed by atoms with Crippen LogP contribution in [0, 0.1) is 10.1 Å². The first kappa shape index (κ1) is 21.4. The van der Waals surface area contributed by atoms with E-state index in [9.17, 15) is 20.0 Å². The highest BCUT2D eigenvalue weighted by Gasteiger charge is 2.20. The Bertz CT molecular complexity index is 1590. The number of nitrogens with zero attached hydrogens (tertiary/aromatic N) is 3. The molecule has 0 fully saturated rings. The highest BCUT2D eigenvalue weighted by Crippen LogP contribution is 2.33. The summed E-state index contributed by atoms with van der Waals surface area (Å²) in [6.07, 6.45) is 1.90. The normalized spacial score (nSPS) is 11.1. The highest BCUT2D eigenvalue weighted by atomic mass is 35.5. The molecule has 34 heavy (non-hydrogen) atoms. The van der Waals surface area contributed by atoms with Gasteiger partial charge in [0.15, 0.2) is 5.65 Å². The number of nitro benzene ring substituents is 1. The number of nitro groups is 1. The Hall–Kier alpha value is -4.43. The molecular formula is C25H17ClN4O4. The first-order valence-electron chi connectivity index (χ1n) is 10.3. The van der Waals surface area contributed by atoms with Crippen molar-refractivity contribution < 1.29 is 10.0 Å². The van der Waals surface area contributed by atoms with E-state index in [4.69, 9.17) is 11.6 Å². The maximum Gasteiger partial charge on any atom is 0.280 e. The number of phenolic OH excluding ortho intramolecular Hbond substituents is 1. The van der Waals surface area contributed by atoms with Crippen LogP contribution in [0.4, 0.5) is 5.69 Å². The molecule has 0 radical (unpaired) electrons. The van der Waals surface area contributed by atoms with Crippen LogP contribution in [0.2, 0.25) is 5.02 Å². The topological polar surface area (TPSA) is 114 Å². The molecule has 2 aromatic heterocycles. The standard InChI is InChI=1S/C25H17ClN4O4/c26-17-8-6-16(7-9-17)23-21(12-15-4-2-1-3-5-15)28-29-24(23)27-14-20(25(29)32)19-11-10-18(30(33)34)13-22(19)31/h1-11,13-14,28,31H,12H2. The average molecular weight is 473 g/mol. The second kappa shape index (κ2) is 8.49. The van der Waals surface area contributed by atoms with Gasteiger partial charge in [-0.25, -0.2) is 9.50 Å². The Labute approximate surface area is 197 Å². The average Bonchev–Trinajstić information content (AvgIpc) is 3.19. The van der Waals surface area contributed by atoms with Crippen molar-refractivity contribution in [1.82, 2.24) is 14.6 Å². The van der Waals surface area contributed by atoms with Crippen molar-refractivity contribution in [2.24, 2.45) is 0 Å². The summed E-state index contributed by atoms with van der Waals surface area (Å²) in [6.45, 7) is 0. The minimum absolute atomic E-state index is 0.111. The number of halogens is 1. The van der Waals surface area contributed by atoms with Crippen LogP contribution in [0.25, 0.3) is 27.9 Å². The lowest BCUT2D eigenvalue weighted by Crippen LogP contribution is -2.17. The molecule has 2 heterocycles. The van der Waals surface area contributed by atoms with Crippen molar-refractivity contribution in [3.8, 4) is 28.0 Å². The van der Waals surface area contributed by atoms with Crippen LogP contribution in [0.1, 0.15) is 11.3 Å². The summed E-state index contributed by atoms with van der Waals surface area (Å²) in [5, 5.41) is 25.1. The van der Waals surface area contributed by atoms with E-state index < -0.39 is 10.5 Å². The number of phenols is 1. The summed E-state index contributed by atoms with van der Waals surface area (Å²) in [5.41, 5.74) is 3.40. The molecule has 0 saturated heterocycles. The van der Waals surface area contributed by atoms with Crippen molar-refractivity contribution in [3.63, 3.8) is 0 Å². The summed E-state index contributed by atoms with van der Waals surface area (Å²) >= 11 is 6.08. The smallest absolute Gasteiger partial charge is 0.280 e. The van der Waals surface area contributed by atoms with Crippen LogP contribution in [-0.4, -0.2) is 24.6 Å². The lowest BCUT2D eigenvalue weighted by molar-refractivity contribution is -0.384. The first-order chi connectivity index (χ1) is 16.4. The quantitative estimate of drug-likeness (QED) is 0.269. The Morgan fingerprint density at radius 1 is 1.03 bits per heavy atom. The minimum Gasteiger partial charge on any atom is -0.507 e. The van der Waals surface area contributed by atoms with Gasteiger partial charge in [0.05, 0.1) is 16.6 Å². The highest BCUT2D eigenvalue weighted by molar-refractivity contribution is 6.30. The molecule has 0 aliphatic heterocycles. The molecule has 5 aromatic rings. The van der Waals surface area contributed by atoms with E-state index >= 15 is 0 Å². The molecule has 0 unspecified atom stereocenters. The third kappa shape index (κ3) is 3.80. The number of rotatable bonds is 5. The summed E-state index contributed by atoms with van der Waals surface area (Å²) in [5.74, 6) is -0.373. The third-order valence-corrected chi connectivity index (χ3v) is 5.82. The van der Waals surface area contributed by atoms with Gasteiger partial charge in [-0.05, 0) is 29.3 Å². The number of hydrogen-bond donors (Lipinski definition) is 2. The molecule has 0 aliphatic carbocycles. The van der Waals surface area contributed by atoms with Gasteiger partial charge in [0.2, 0.25) is 0 Å². The van der Waals surface area contributed by atoms with Crippen molar-refractivity contribution in [2.45, 2.75) is 6.42 Å². The zero-order chi connectivity index (χ0) is 23.8. The molecule has 5 rings (SSSR count). The van der Waals surface area contributed by atoms with Gasteiger partial charge in [0.25, 0.3) is 11.2 Å². The monoisotopic (exact) mass is 472 g/mol. The second-order valence-corrected chi connectivity index (χ2v) is 8.17. The largest absolute Gasteiger partial charge is 0.507 e. The van der Waals surface area contributed by atoms with Crippen molar-refractivity contribution in [2.75, 3.05) is 0 Å². The van der Waals surface area contributed by atoms with Gasteiger partial charge in [-0.1, -0.05) is 54.1 Å². The van der Waals surface area contributed by atoms with E-state index in [0.29, 0.717) is 17.1 Å². The molecule has 0 aliphatic rings. The van der Waals surface area contributed by atoms with Crippen LogP contribution in [0.5, 0.6) is 5.75 Å². The van der Waals surface area contributed by atoms with E-state index in [0.717, 1.165) is 28.5 Å². The van der Waals surface area contributed by atoms with Gasteiger partial charge >= 0.3 is 0 Å². The van der Waals surface area contributed by atoms with E-state index in [1.807, 2.05) is 42.5 Å². The van der Waals surface area contributed by atoms with Gasteiger partial charge in [-0.3, -0.25) is 20.0 Å². The molecule has 0 bridgehead atoms. The predicted octanol–water partition coefficient (Wildman–Crippen LogP) is 5.21. The van der Waals surface area contributed by atoms with E-state index in [1.165, 1.54) is 22.8 Å². The van der Waals surface area contributed by atoms with E-state index in [1.54, 1.807) is 12.1 Å². The summed E-state index contributed by atoms with van der Waals surface area (Å²) in [4.78, 5) is 28.3. The zero-order valence-electron chi connectivity index (χ0n) is 17.6. The number of non-ortho nitro benzene ring substituents is 1. The van der Waals surface area contributed by atoms with Crippen LogP contribution >= 0.6 is 11.6 Å². The maximum absolute atomic E-state index is 13.4. The molecule has 0 saturated carbocycles. The number of aromatic hydroxyl groups is 1. The molecule has 9 heteroatoms. The van der Waals surface area contributed by atoms with Gasteiger partial charge in [0, 0.05) is 40.5 Å². The number of nitrogens with one attached hydrogen (secondary N) is 1. The summed E-state index contributed by atoms with van der Waals surface area (Å²) < 4.78 is 1.33. The molecule has 168 valence electrons. The maximum atomic E-state index is 13.4. The Kier molecular flexibility index (Phi) is 5.35. The molecule has 0 spiro atoms. The number of hydrogen-bond acceptors (Lipinski definition) is 5. The summed E-state index contributed by atoms with van der Waals surface area (Å²) in [6, 6.07) is 20.7. The van der Waals surface area contributed by atoms with E-state index in [2.05, 4.69) is 10.1 Å². The van der Waals surface area contributed by atoms with Crippen LogP contribution < -0.4 is 5.56 Å². The lowest BCUT2D eigenvalue weighted by Gasteiger charge is -2.06. The van der Waals surface area contributed by atoms with Gasteiger partial charge < -0.3 is 5.11 Å². The van der Waals surface area contributed by atoms with Crippen LogP contribution in [-0.2, 0) is 6.42 Å². The number of aromatic nitrogens is 3. The number of aromatic amines is 1. The lowest BCUT2D eigenvalue weighted by atomic mass is 10.0. The molecule has 0 amide bonds.